The second-order valence-corrected chi connectivity index (χ2v) is 5.90. The van der Waals surface area contributed by atoms with Gasteiger partial charge in [-0.05, 0) is 56.8 Å². The molecule has 0 aliphatic carbocycles. The highest BCUT2D eigenvalue weighted by atomic mass is 15.3. The number of aromatic nitrogens is 1. The minimum Gasteiger partial charge on any atom is -0.296 e. The summed E-state index contributed by atoms with van der Waals surface area (Å²) in [7, 11) is 0. The first kappa shape index (κ1) is 15.4. The van der Waals surface area contributed by atoms with Crippen LogP contribution in [0.25, 0.3) is 0 Å². The minimum absolute atomic E-state index is 0.0841. The summed E-state index contributed by atoms with van der Waals surface area (Å²) in [4.78, 5) is 6.97. The van der Waals surface area contributed by atoms with Crippen LogP contribution in [-0.4, -0.2) is 28.5 Å². The monoisotopic (exact) mass is 276 g/mol. The number of nitrogens with zero attached hydrogens (tertiary/aromatic N) is 2. The molecule has 1 fully saturated rings. The van der Waals surface area contributed by atoms with Crippen LogP contribution in [0.5, 0.6) is 0 Å². The number of hydrogen-bond acceptors (Lipinski definition) is 4. The van der Waals surface area contributed by atoms with Crippen LogP contribution in [0, 0.1) is 6.92 Å². The molecular weight excluding hydrogens is 248 g/mol. The van der Waals surface area contributed by atoms with Crippen LogP contribution in [0.2, 0.25) is 0 Å². The molecule has 4 nitrogen and oxygen atoms in total. The lowest BCUT2D eigenvalue weighted by molar-refractivity contribution is 0.0615. The molecule has 2 rings (SSSR count). The van der Waals surface area contributed by atoms with Crippen molar-refractivity contribution < 1.29 is 0 Å². The van der Waals surface area contributed by atoms with Crippen molar-refractivity contribution in [1.82, 2.24) is 15.3 Å². The van der Waals surface area contributed by atoms with Crippen LogP contribution in [0.4, 0.5) is 0 Å². The SMILES string of the molecule is CCC(CC)(C(NN)c1cncc(C)c1)N1CCCC1. The largest absolute Gasteiger partial charge is 0.296 e. The Hall–Kier alpha value is -0.970. The van der Waals surface area contributed by atoms with E-state index in [1.165, 1.54) is 37.1 Å². The van der Waals surface area contributed by atoms with E-state index in [0.717, 1.165) is 12.8 Å². The summed E-state index contributed by atoms with van der Waals surface area (Å²) in [6.07, 6.45) is 8.62. The number of pyridine rings is 1. The van der Waals surface area contributed by atoms with E-state index < -0.39 is 0 Å². The molecule has 0 aromatic carbocycles. The second kappa shape index (κ2) is 6.66. The first-order valence-electron chi connectivity index (χ1n) is 7.80. The molecule has 112 valence electrons. The third-order valence-electron chi connectivity index (χ3n) is 4.89. The summed E-state index contributed by atoms with van der Waals surface area (Å²) >= 11 is 0. The summed E-state index contributed by atoms with van der Waals surface area (Å²) < 4.78 is 0. The van der Waals surface area contributed by atoms with Crippen LogP contribution >= 0.6 is 0 Å². The molecule has 0 radical (unpaired) electrons. The van der Waals surface area contributed by atoms with Gasteiger partial charge >= 0.3 is 0 Å². The topological polar surface area (TPSA) is 54.2 Å². The summed E-state index contributed by atoms with van der Waals surface area (Å²) in [5.74, 6) is 5.96. The number of likely N-dealkylation sites (tertiary alicyclic amines) is 1. The Morgan fingerprint density at radius 1 is 1.30 bits per heavy atom. The highest BCUT2D eigenvalue weighted by Gasteiger charge is 2.42. The maximum absolute atomic E-state index is 5.96. The van der Waals surface area contributed by atoms with Crippen LogP contribution in [0.1, 0.15) is 56.7 Å². The molecule has 0 spiro atoms. The van der Waals surface area contributed by atoms with Gasteiger partial charge in [0.2, 0.25) is 0 Å². The fourth-order valence-electron chi connectivity index (χ4n) is 3.75. The van der Waals surface area contributed by atoms with Crippen LogP contribution in [0.3, 0.4) is 0 Å². The number of nitrogens with one attached hydrogen (secondary N) is 1. The summed E-state index contributed by atoms with van der Waals surface area (Å²) in [6, 6.07) is 2.33. The summed E-state index contributed by atoms with van der Waals surface area (Å²) in [5.41, 5.74) is 5.55. The summed E-state index contributed by atoms with van der Waals surface area (Å²) in [6.45, 7) is 8.99. The Morgan fingerprint density at radius 2 is 1.95 bits per heavy atom. The predicted molar refractivity (Wildman–Crippen MR) is 83.2 cm³/mol. The molecule has 0 amide bonds. The predicted octanol–water partition coefficient (Wildman–Crippen LogP) is 2.55. The zero-order chi connectivity index (χ0) is 14.6. The van der Waals surface area contributed by atoms with Crippen LogP contribution in [0.15, 0.2) is 18.5 Å². The highest BCUT2D eigenvalue weighted by molar-refractivity contribution is 5.24. The lowest BCUT2D eigenvalue weighted by Gasteiger charge is -2.46. The van der Waals surface area contributed by atoms with E-state index in [2.05, 4.69) is 42.1 Å². The Kier molecular flexibility index (Phi) is 5.13. The summed E-state index contributed by atoms with van der Waals surface area (Å²) in [5, 5.41) is 0. The standard InChI is InChI=1S/C16H28N4/c1-4-16(5-2,20-8-6-7-9-20)15(19-17)14-10-13(3)11-18-12-14/h10-12,15,19H,4-9,17H2,1-3H3. The van der Waals surface area contributed by atoms with Gasteiger partial charge in [-0.1, -0.05) is 19.9 Å². The maximum Gasteiger partial charge on any atom is 0.0658 e. The van der Waals surface area contributed by atoms with Gasteiger partial charge in [0.25, 0.3) is 0 Å². The number of aryl methyl sites for hydroxylation is 1. The molecule has 20 heavy (non-hydrogen) atoms. The fourth-order valence-corrected chi connectivity index (χ4v) is 3.75. The van der Waals surface area contributed by atoms with Gasteiger partial charge in [-0.3, -0.25) is 21.2 Å². The zero-order valence-corrected chi connectivity index (χ0v) is 13.0. The minimum atomic E-state index is 0.0841. The van der Waals surface area contributed by atoms with Crippen LogP contribution in [-0.2, 0) is 0 Å². The molecule has 1 atom stereocenters. The van der Waals surface area contributed by atoms with E-state index in [1.54, 1.807) is 0 Å². The van der Waals surface area contributed by atoms with Gasteiger partial charge in [-0.15, -0.1) is 0 Å². The smallest absolute Gasteiger partial charge is 0.0658 e. The molecule has 3 N–H and O–H groups in total. The van der Waals surface area contributed by atoms with E-state index in [4.69, 9.17) is 5.84 Å². The fraction of sp³-hybridized carbons (Fsp3) is 0.688. The number of nitrogens with two attached hydrogens (primary N) is 1. The average molecular weight is 276 g/mol. The van der Waals surface area contributed by atoms with E-state index in [-0.39, 0.29) is 11.6 Å². The van der Waals surface area contributed by atoms with Crippen LogP contribution < -0.4 is 11.3 Å². The lowest BCUT2D eigenvalue weighted by Crippen LogP contribution is -2.56. The molecule has 4 heteroatoms. The Balaban J connectivity index is 2.38. The van der Waals surface area contributed by atoms with Gasteiger partial charge in [-0.2, -0.15) is 0 Å². The third kappa shape index (κ3) is 2.73. The van der Waals surface area contributed by atoms with Crippen molar-refractivity contribution in [2.24, 2.45) is 5.84 Å². The van der Waals surface area contributed by atoms with Crippen molar-refractivity contribution >= 4 is 0 Å². The number of hydrogen-bond donors (Lipinski definition) is 2. The van der Waals surface area contributed by atoms with Crippen molar-refractivity contribution in [2.75, 3.05) is 13.1 Å². The van der Waals surface area contributed by atoms with E-state index in [9.17, 15) is 0 Å². The van der Waals surface area contributed by atoms with Crippen molar-refractivity contribution in [2.45, 2.75) is 58.0 Å². The molecule has 1 saturated heterocycles. The molecular formula is C16H28N4. The number of rotatable bonds is 6. The Morgan fingerprint density at radius 3 is 2.45 bits per heavy atom. The molecule has 1 aromatic rings. The quantitative estimate of drug-likeness (QED) is 0.619. The van der Waals surface area contributed by atoms with Gasteiger partial charge in [0, 0.05) is 17.9 Å². The molecule has 1 aliphatic heterocycles. The molecule has 1 aromatic heterocycles. The van der Waals surface area contributed by atoms with Crippen molar-refractivity contribution in [3.8, 4) is 0 Å². The molecule has 0 saturated carbocycles. The molecule has 1 aliphatic rings. The first-order chi connectivity index (χ1) is 9.67. The molecule has 1 unspecified atom stereocenters. The highest BCUT2D eigenvalue weighted by Crippen LogP contribution is 2.38. The van der Waals surface area contributed by atoms with Gasteiger partial charge in [0.05, 0.1) is 6.04 Å². The van der Waals surface area contributed by atoms with E-state index in [0.29, 0.717) is 0 Å². The Bertz CT molecular complexity index is 422. The van der Waals surface area contributed by atoms with E-state index in [1.807, 2.05) is 12.4 Å². The molecule has 0 bridgehead atoms. The van der Waals surface area contributed by atoms with Gasteiger partial charge in [-0.25, -0.2) is 0 Å². The zero-order valence-electron chi connectivity index (χ0n) is 13.0. The van der Waals surface area contributed by atoms with Crippen molar-refractivity contribution in [3.63, 3.8) is 0 Å². The lowest BCUT2D eigenvalue weighted by atomic mass is 9.79. The Labute approximate surface area is 122 Å². The second-order valence-electron chi connectivity index (χ2n) is 5.90. The van der Waals surface area contributed by atoms with E-state index >= 15 is 0 Å². The van der Waals surface area contributed by atoms with Crippen molar-refractivity contribution in [3.05, 3.63) is 29.6 Å². The van der Waals surface area contributed by atoms with Crippen molar-refractivity contribution in [1.29, 1.82) is 0 Å². The molecule has 2 heterocycles. The average Bonchev–Trinajstić information content (AvgIpc) is 2.99. The normalized spacial score (nSPS) is 18.4. The van der Waals surface area contributed by atoms with Gasteiger partial charge in [0.15, 0.2) is 0 Å². The number of hydrazine groups is 1. The first-order valence-corrected chi connectivity index (χ1v) is 7.80. The van der Waals surface area contributed by atoms with Gasteiger partial charge < -0.3 is 0 Å². The third-order valence-corrected chi connectivity index (χ3v) is 4.89. The van der Waals surface area contributed by atoms with Gasteiger partial charge in [0.1, 0.15) is 0 Å². The maximum atomic E-state index is 5.96.